The molecule has 4 aliphatic carbocycles. The smallest absolute Gasteiger partial charge is 0.306 e. The van der Waals surface area contributed by atoms with Crippen LogP contribution >= 0.6 is 0 Å². The van der Waals surface area contributed by atoms with E-state index in [1.54, 1.807) is 5.57 Å². The molecule has 0 N–H and O–H groups in total. The molecule has 0 bridgehead atoms. The zero-order valence-corrected chi connectivity index (χ0v) is 30.1. The second-order valence-electron chi connectivity index (χ2n) is 17.1. The van der Waals surface area contributed by atoms with Gasteiger partial charge in [0.2, 0.25) is 5.91 Å². The standard InChI is InChI=1S/C39H67N3O3.3H2/c1-28(2)9-8-10-29(3)33-13-14-34-32-12-11-30-27-31(17-19-38(30,4)35(32)18-20-39(33,34)5)45-37(44)16-15-36(43)42-25-23-40(6)21-22-41(7)24-26-42;;;/h11,28-29,31-35H,8-10,12-27H2,1-7H3;3*1H/t29?,31-,32-,33?,34?,35?,38-,39+;;;/m0.../s1. The number of amides is 1. The van der Waals surface area contributed by atoms with Crippen molar-refractivity contribution >= 4 is 11.9 Å². The van der Waals surface area contributed by atoms with Gasteiger partial charge in [-0.1, -0.05) is 65.5 Å². The van der Waals surface area contributed by atoms with Gasteiger partial charge in [0, 0.05) is 56.4 Å². The zero-order chi connectivity index (χ0) is 32.4. The van der Waals surface area contributed by atoms with Crippen LogP contribution in [0.4, 0.5) is 0 Å². The average molecular weight is 632 g/mol. The molecule has 0 aromatic rings. The van der Waals surface area contributed by atoms with Crippen LogP contribution in [0.1, 0.15) is 122 Å². The lowest BCUT2D eigenvalue weighted by Crippen LogP contribution is -2.51. The molecule has 4 fully saturated rings. The molecule has 6 heteroatoms. The minimum atomic E-state index is -0.197. The summed E-state index contributed by atoms with van der Waals surface area (Å²) >= 11 is 0. The number of fused-ring (bicyclic) bond motifs is 5. The number of esters is 1. The molecule has 8 atom stereocenters. The van der Waals surface area contributed by atoms with Gasteiger partial charge in [-0.2, -0.15) is 0 Å². The topological polar surface area (TPSA) is 53.1 Å². The maximum absolute atomic E-state index is 13.1. The maximum atomic E-state index is 13.1. The summed E-state index contributed by atoms with van der Waals surface area (Å²) in [6.45, 7) is 17.8. The largest absolute Gasteiger partial charge is 0.462 e. The third-order valence-corrected chi connectivity index (χ3v) is 13.8. The van der Waals surface area contributed by atoms with Gasteiger partial charge in [-0.15, -0.1) is 0 Å². The molecule has 262 valence electrons. The van der Waals surface area contributed by atoms with E-state index in [9.17, 15) is 9.59 Å². The van der Waals surface area contributed by atoms with Crippen LogP contribution in [0, 0.1) is 46.3 Å². The van der Waals surface area contributed by atoms with Gasteiger partial charge in [-0.05, 0) is 105 Å². The SMILES string of the molecule is CC(C)CCCC(C)C1CCC2[C@@H]3CC=C4C[C@@H](OC(=O)CCC(=O)N5CCN(C)CCN(C)CC5)CC[C@]4(C)C3CC[C@]12C.[HH].[HH].[HH]. The summed E-state index contributed by atoms with van der Waals surface area (Å²) in [6, 6.07) is 0. The highest BCUT2D eigenvalue weighted by Gasteiger charge is 2.59. The molecule has 6 nitrogen and oxygen atoms in total. The van der Waals surface area contributed by atoms with E-state index in [0.29, 0.717) is 5.41 Å². The molecule has 45 heavy (non-hydrogen) atoms. The molecule has 0 aromatic heterocycles. The highest BCUT2D eigenvalue weighted by molar-refractivity contribution is 5.81. The molecule has 1 heterocycles. The van der Waals surface area contributed by atoms with Crippen molar-refractivity contribution in [2.75, 3.05) is 53.4 Å². The highest BCUT2D eigenvalue weighted by Crippen LogP contribution is 2.67. The third kappa shape index (κ3) is 7.85. The average Bonchev–Trinajstić information content (AvgIpc) is 3.38. The first-order valence-corrected chi connectivity index (χ1v) is 18.9. The number of hydrogen-bond acceptors (Lipinski definition) is 5. The molecule has 3 saturated carbocycles. The molecule has 5 rings (SSSR count). The molecule has 0 spiro atoms. The summed E-state index contributed by atoms with van der Waals surface area (Å²) in [4.78, 5) is 32.5. The Morgan fingerprint density at radius 2 is 1.58 bits per heavy atom. The lowest BCUT2D eigenvalue weighted by atomic mass is 9.47. The number of ether oxygens (including phenoxy) is 1. The Morgan fingerprint density at radius 1 is 0.889 bits per heavy atom. The Kier molecular flexibility index (Phi) is 11.5. The lowest BCUT2D eigenvalue weighted by Gasteiger charge is -2.58. The van der Waals surface area contributed by atoms with Crippen molar-refractivity contribution in [2.24, 2.45) is 46.3 Å². The summed E-state index contributed by atoms with van der Waals surface area (Å²) in [6.07, 6.45) is 17.0. The van der Waals surface area contributed by atoms with Crippen molar-refractivity contribution < 1.29 is 18.6 Å². The van der Waals surface area contributed by atoms with Crippen LogP contribution < -0.4 is 0 Å². The summed E-state index contributed by atoms with van der Waals surface area (Å²) in [5.74, 6) is 4.92. The summed E-state index contributed by atoms with van der Waals surface area (Å²) in [7, 11) is 4.23. The Balaban J connectivity index is 0.00000267. The molecule has 5 aliphatic rings. The van der Waals surface area contributed by atoms with E-state index in [2.05, 4.69) is 64.6 Å². The Hall–Kier alpha value is -1.40. The Bertz CT molecular complexity index is 1060. The van der Waals surface area contributed by atoms with E-state index in [-0.39, 0.29) is 40.5 Å². The number of rotatable bonds is 9. The highest BCUT2D eigenvalue weighted by atomic mass is 16.5. The van der Waals surface area contributed by atoms with Gasteiger partial charge in [0.1, 0.15) is 6.10 Å². The maximum Gasteiger partial charge on any atom is 0.306 e. The Labute approximate surface area is 280 Å². The van der Waals surface area contributed by atoms with E-state index < -0.39 is 0 Å². The van der Waals surface area contributed by atoms with Gasteiger partial charge >= 0.3 is 5.97 Å². The van der Waals surface area contributed by atoms with Crippen molar-refractivity contribution in [2.45, 2.75) is 124 Å². The minimum Gasteiger partial charge on any atom is -0.462 e. The number of hydrogen-bond donors (Lipinski definition) is 0. The van der Waals surface area contributed by atoms with E-state index in [0.717, 1.165) is 94.0 Å². The van der Waals surface area contributed by atoms with Gasteiger partial charge in [-0.3, -0.25) is 9.59 Å². The van der Waals surface area contributed by atoms with Crippen LogP contribution in [0.2, 0.25) is 0 Å². The molecule has 1 aliphatic heterocycles. The predicted molar refractivity (Wildman–Crippen MR) is 190 cm³/mol. The minimum absolute atomic E-state index is 0. The summed E-state index contributed by atoms with van der Waals surface area (Å²) in [5, 5.41) is 0. The Morgan fingerprint density at radius 3 is 2.27 bits per heavy atom. The number of carbonyl (C=O) groups excluding carboxylic acids is 2. The van der Waals surface area contributed by atoms with Crippen LogP contribution in [-0.2, 0) is 14.3 Å². The van der Waals surface area contributed by atoms with Gasteiger partial charge in [0.15, 0.2) is 0 Å². The fraction of sp³-hybridized carbons (Fsp3) is 0.897. The number of carbonyl (C=O) groups is 2. The first-order chi connectivity index (χ1) is 21.4. The van der Waals surface area contributed by atoms with Gasteiger partial charge < -0.3 is 19.4 Å². The quantitative estimate of drug-likeness (QED) is 0.190. The van der Waals surface area contributed by atoms with Crippen LogP contribution in [0.3, 0.4) is 0 Å². The molecule has 4 unspecified atom stereocenters. The lowest BCUT2D eigenvalue weighted by molar-refractivity contribution is -0.153. The van der Waals surface area contributed by atoms with Gasteiger partial charge in [0.05, 0.1) is 6.42 Å². The second kappa shape index (κ2) is 14.8. The predicted octanol–water partition coefficient (Wildman–Crippen LogP) is 8.16. The fourth-order valence-corrected chi connectivity index (χ4v) is 10.9. The molecule has 1 saturated heterocycles. The molecule has 0 radical (unpaired) electrons. The monoisotopic (exact) mass is 632 g/mol. The van der Waals surface area contributed by atoms with E-state index in [1.165, 1.54) is 51.4 Å². The van der Waals surface area contributed by atoms with E-state index in [1.807, 2.05) is 4.90 Å². The van der Waals surface area contributed by atoms with Crippen molar-refractivity contribution in [3.63, 3.8) is 0 Å². The first-order valence-electron chi connectivity index (χ1n) is 18.9. The number of nitrogens with zero attached hydrogens (tertiary/aromatic N) is 3. The van der Waals surface area contributed by atoms with Crippen molar-refractivity contribution in [1.82, 2.24) is 14.7 Å². The normalized spacial score (nSPS) is 37.0. The van der Waals surface area contributed by atoms with Gasteiger partial charge in [-0.25, -0.2) is 0 Å². The van der Waals surface area contributed by atoms with Gasteiger partial charge in [0.25, 0.3) is 0 Å². The van der Waals surface area contributed by atoms with Crippen LogP contribution in [-0.4, -0.2) is 86.0 Å². The summed E-state index contributed by atoms with van der Waals surface area (Å²) in [5.41, 5.74) is 2.34. The van der Waals surface area contributed by atoms with E-state index in [4.69, 9.17) is 4.74 Å². The van der Waals surface area contributed by atoms with Crippen LogP contribution in [0.5, 0.6) is 0 Å². The van der Waals surface area contributed by atoms with Crippen molar-refractivity contribution in [3.8, 4) is 0 Å². The molecular formula is C39H73N3O3. The second-order valence-corrected chi connectivity index (χ2v) is 17.1. The zero-order valence-electron chi connectivity index (χ0n) is 30.1. The number of allylic oxidation sites excluding steroid dienone is 1. The summed E-state index contributed by atoms with van der Waals surface area (Å²) < 4.78 is 6.06. The van der Waals surface area contributed by atoms with Crippen LogP contribution in [0.15, 0.2) is 11.6 Å². The van der Waals surface area contributed by atoms with Crippen molar-refractivity contribution in [1.29, 1.82) is 0 Å². The fourth-order valence-electron chi connectivity index (χ4n) is 10.9. The molecule has 0 aromatic carbocycles. The first kappa shape index (κ1) is 34.9. The molecular weight excluding hydrogens is 558 g/mol. The number of likely N-dealkylation sites (N-methyl/N-ethyl adjacent to an activating group) is 2. The third-order valence-electron chi connectivity index (χ3n) is 13.8. The van der Waals surface area contributed by atoms with E-state index >= 15 is 0 Å². The molecule has 1 amide bonds. The van der Waals surface area contributed by atoms with Crippen molar-refractivity contribution in [3.05, 3.63) is 11.6 Å². The van der Waals surface area contributed by atoms with Crippen LogP contribution in [0.25, 0.3) is 0 Å².